The van der Waals surface area contributed by atoms with Crippen molar-refractivity contribution in [1.82, 2.24) is 9.97 Å². The number of amides is 1. The molecule has 6 nitrogen and oxygen atoms in total. The van der Waals surface area contributed by atoms with Crippen molar-refractivity contribution in [3.05, 3.63) is 48.2 Å². The Bertz CT molecular complexity index is 799. The van der Waals surface area contributed by atoms with Crippen molar-refractivity contribution in [2.24, 2.45) is 5.92 Å². The molecule has 0 unspecified atom stereocenters. The first kappa shape index (κ1) is 18.9. The minimum Gasteiger partial charge on any atom is -0.447 e. The molecule has 1 aliphatic rings. The van der Waals surface area contributed by atoms with Crippen molar-refractivity contribution in [2.75, 3.05) is 16.8 Å². The number of benzene rings is 1. The molecule has 0 saturated carbocycles. The molecule has 0 spiro atoms. The molecule has 0 radical (unpaired) electrons. The molecule has 1 N–H and O–H groups in total. The highest BCUT2D eigenvalue weighted by Gasteiger charge is 2.42. The van der Waals surface area contributed by atoms with E-state index in [-0.39, 0.29) is 35.9 Å². The molecule has 1 aliphatic heterocycles. The van der Waals surface area contributed by atoms with Crippen LogP contribution in [-0.2, 0) is 4.74 Å². The minimum atomic E-state index is -4.55. The number of nitrogens with one attached hydrogen (secondary N) is 1. The van der Waals surface area contributed by atoms with Gasteiger partial charge >= 0.3 is 12.3 Å². The average molecular weight is 380 g/mol. The van der Waals surface area contributed by atoms with Gasteiger partial charge in [0.1, 0.15) is 12.4 Å². The molecule has 2 atom stereocenters. The van der Waals surface area contributed by atoms with Gasteiger partial charge in [-0.15, -0.1) is 0 Å². The molecule has 0 bridgehead atoms. The summed E-state index contributed by atoms with van der Waals surface area (Å²) < 4.78 is 45.6. The van der Waals surface area contributed by atoms with Crippen LogP contribution >= 0.6 is 0 Å². The zero-order chi connectivity index (χ0) is 19.6. The number of anilines is 2. The molecule has 1 aromatic carbocycles. The third kappa shape index (κ3) is 4.12. The summed E-state index contributed by atoms with van der Waals surface area (Å²) in [4.78, 5) is 21.4. The maximum Gasteiger partial charge on any atom is 0.415 e. The lowest BCUT2D eigenvalue weighted by atomic mass is 10.0. The van der Waals surface area contributed by atoms with E-state index in [0.29, 0.717) is 0 Å². The predicted octanol–water partition coefficient (Wildman–Crippen LogP) is 4.17. The Morgan fingerprint density at radius 1 is 1.22 bits per heavy atom. The molecule has 1 amide bonds. The summed E-state index contributed by atoms with van der Waals surface area (Å²) >= 11 is 0. The Morgan fingerprint density at radius 3 is 2.56 bits per heavy atom. The van der Waals surface area contributed by atoms with E-state index in [2.05, 4.69) is 15.3 Å². The van der Waals surface area contributed by atoms with Crippen molar-refractivity contribution in [1.29, 1.82) is 0 Å². The Hall–Kier alpha value is -2.84. The van der Waals surface area contributed by atoms with Crippen LogP contribution in [0.15, 0.2) is 42.6 Å². The van der Waals surface area contributed by atoms with Crippen LogP contribution in [0.25, 0.3) is 0 Å². The monoisotopic (exact) mass is 380 g/mol. The highest BCUT2D eigenvalue weighted by Crippen LogP contribution is 2.35. The first-order valence-corrected chi connectivity index (χ1v) is 8.44. The molecule has 144 valence electrons. The maximum atomic E-state index is 13.5. The van der Waals surface area contributed by atoms with Gasteiger partial charge in [-0.1, -0.05) is 44.2 Å². The molecule has 27 heavy (non-hydrogen) atoms. The van der Waals surface area contributed by atoms with Crippen LogP contribution < -0.4 is 10.2 Å². The number of carbonyl (C=O) groups is 1. The number of ether oxygens (including phenoxy) is 1. The second-order valence-corrected chi connectivity index (χ2v) is 6.53. The fourth-order valence-electron chi connectivity index (χ4n) is 2.87. The summed E-state index contributed by atoms with van der Waals surface area (Å²) in [6.07, 6.45) is -3.81. The van der Waals surface area contributed by atoms with E-state index in [9.17, 15) is 18.0 Å². The number of hydrogen-bond acceptors (Lipinski definition) is 5. The lowest BCUT2D eigenvalue weighted by molar-refractivity contribution is -0.144. The third-order valence-electron chi connectivity index (χ3n) is 4.30. The van der Waals surface area contributed by atoms with Crippen LogP contribution in [0.4, 0.5) is 29.7 Å². The summed E-state index contributed by atoms with van der Waals surface area (Å²) in [6, 6.07) is 6.70. The average Bonchev–Trinajstić information content (AvgIpc) is 3.01. The highest BCUT2D eigenvalue weighted by atomic mass is 19.4. The van der Waals surface area contributed by atoms with E-state index in [4.69, 9.17) is 4.74 Å². The van der Waals surface area contributed by atoms with Crippen LogP contribution in [0.2, 0.25) is 0 Å². The van der Waals surface area contributed by atoms with Crippen molar-refractivity contribution in [3.8, 4) is 0 Å². The van der Waals surface area contributed by atoms with Crippen LogP contribution in [0.1, 0.15) is 25.5 Å². The lowest BCUT2D eigenvalue weighted by Gasteiger charge is -2.25. The molecule has 2 heterocycles. The number of rotatable bonds is 5. The summed E-state index contributed by atoms with van der Waals surface area (Å²) in [7, 11) is 0. The van der Waals surface area contributed by atoms with Gasteiger partial charge in [0.25, 0.3) is 0 Å². The topological polar surface area (TPSA) is 67.3 Å². The van der Waals surface area contributed by atoms with Crippen LogP contribution in [0.5, 0.6) is 0 Å². The summed E-state index contributed by atoms with van der Waals surface area (Å²) in [5.41, 5.74) is 0.0413. The first-order valence-electron chi connectivity index (χ1n) is 8.44. The van der Waals surface area contributed by atoms with Crippen LogP contribution in [0.3, 0.4) is 0 Å². The standard InChI is InChI=1S/C18H19F3N4O2/c1-11(2)13-10-27-17(26)25(13)14-8-9-22-16(23-14)24-15(18(19,20)21)12-6-4-3-5-7-12/h3-9,11,13,15H,10H2,1-2H3,(H,22,23,24)/t13-,15-/m1/s1. The highest BCUT2D eigenvalue weighted by molar-refractivity contribution is 5.89. The third-order valence-corrected chi connectivity index (χ3v) is 4.30. The Balaban J connectivity index is 1.90. The first-order chi connectivity index (χ1) is 12.8. The number of hydrogen-bond donors (Lipinski definition) is 1. The van der Waals surface area contributed by atoms with E-state index >= 15 is 0 Å². The normalized spacial score (nSPS) is 18.5. The molecule has 2 aromatic rings. The van der Waals surface area contributed by atoms with Gasteiger partial charge in [0.2, 0.25) is 5.95 Å². The van der Waals surface area contributed by atoms with Gasteiger partial charge in [-0.3, -0.25) is 4.90 Å². The van der Waals surface area contributed by atoms with Crippen molar-refractivity contribution in [2.45, 2.75) is 32.1 Å². The fourth-order valence-corrected chi connectivity index (χ4v) is 2.87. The number of cyclic esters (lactones) is 1. The molecular formula is C18H19F3N4O2. The van der Waals surface area contributed by atoms with Gasteiger partial charge < -0.3 is 10.1 Å². The predicted molar refractivity (Wildman–Crippen MR) is 93.3 cm³/mol. The number of carbonyl (C=O) groups excluding carboxylic acids is 1. The smallest absolute Gasteiger partial charge is 0.415 e. The SMILES string of the molecule is CC(C)[C@H]1COC(=O)N1c1ccnc(N[C@H](c2ccccc2)C(F)(F)F)n1. The summed E-state index contributed by atoms with van der Waals surface area (Å²) in [5.74, 6) is 0.0682. The zero-order valence-corrected chi connectivity index (χ0v) is 14.8. The molecule has 0 aliphatic carbocycles. The molecular weight excluding hydrogens is 361 g/mol. The molecule has 1 fully saturated rings. The second-order valence-electron chi connectivity index (χ2n) is 6.53. The lowest BCUT2D eigenvalue weighted by Crippen LogP contribution is -2.38. The van der Waals surface area contributed by atoms with Crippen LogP contribution in [-0.4, -0.2) is 34.9 Å². The number of nitrogens with zero attached hydrogens (tertiary/aromatic N) is 3. The van der Waals surface area contributed by atoms with E-state index < -0.39 is 18.3 Å². The summed E-state index contributed by atoms with van der Waals surface area (Å²) in [6.45, 7) is 4.06. The number of halogens is 3. The van der Waals surface area contributed by atoms with Gasteiger partial charge in [0, 0.05) is 6.20 Å². The molecule has 1 aromatic heterocycles. The number of aromatic nitrogens is 2. The minimum absolute atomic E-state index is 0.0413. The Morgan fingerprint density at radius 2 is 1.93 bits per heavy atom. The largest absolute Gasteiger partial charge is 0.447 e. The Kier molecular flexibility index (Phi) is 5.20. The number of alkyl halides is 3. The van der Waals surface area contributed by atoms with Gasteiger partial charge in [-0.05, 0) is 17.5 Å². The molecule has 9 heteroatoms. The van der Waals surface area contributed by atoms with Gasteiger partial charge in [0.05, 0.1) is 6.04 Å². The van der Waals surface area contributed by atoms with E-state index in [0.717, 1.165) is 0 Å². The zero-order valence-electron chi connectivity index (χ0n) is 14.8. The van der Waals surface area contributed by atoms with Crippen molar-refractivity contribution >= 4 is 17.9 Å². The molecule has 1 saturated heterocycles. The van der Waals surface area contributed by atoms with Gasteiger partial charge in [0.15, 0.2) is 6.04 Å². The van der Waals surface area contributed by atoms with Crippen molar-refractivity contribution in [3.63, 3.8) is 0 Å². The summed E-state index contributed by atoms with van der Waals surface area (Å²) in [5, 5.41) is 2.33. The van der Waals surface area contributed by atoms with Gasteiger partial charge in [-0.2, -0.15) is 18.2 Å². The quantitative estimate of drug-likeness (QED) is 0.843. The molecule has 3 rings (SSSR count). The Labute approximate surface area is 154 Å². The second kappa shape index (κ2) is 7.42. The van der Waals surface area contributed by atoms with Crippen LogP contribution in [0, 0.1) is 5.92 Å². The van der Waals surface area contributed by atoms with Gasteiger partial charge in [-0.25, -0.2) is 9.78 Å². The maximum absolute atomic E-state index is 13.5. The van der Waals surface area contributed by atoms with E-state index in [1.807, 2.05) is 13.8 Å². The fraction of sp³-hybridized carbons (Fsp3) is 0.389. The van der Waals surface area contributed by atoms with Crippen molar-refractivity contribution < 1.29 is 22.7 Å². The van der Waals surface area contributed by atoms with E-state index in [1.165, 1.54) is 41.4 Å². The van der Waals surface area contributed by atoms with E-state index in [1.54, 1.807) is 6.07 Å².